The molecule has 2 aliphatic carbocycles. The number of nitrogens with one attached hydrogen (secondary N) is 1. The molecule has 4 rings (SSSR count). The van der Waals surface area contributed by atoms with E-state index in [-0.39, 0.29) is 17.9 Å². The number of aliphatic carboxylic acids is 1. The second-order valence-corrected chi connectivity index (χ2v) is 7.36. The molecular weight excluding hydrogens is 342 g/mol. The Morgan fingerprint density at radius 2 is 1.48 bits per heavy atom. The molecule has 0 spiro atoms. The van der Waals surface area contributed by atoms with Gasteiger partial charge in [0.05, 0.1) is 5.92 Å². The molecule has 1 fully saturated rings. The van der Waals surface area contributed by atoms with Crippen molar-refractivity contribution >= 4 is 12.1 Å². The number of carboxylic acids is 1. The van der Waals surface area contributed by atoms with Gasteiger partial charge in [-0.2, -0.15) is 0 Å². The number of carbonyl (C=O) groups is 2. The summed E-state index contributed by atoms with van der Waals surface area (Å²) in [6.07, 6.45) is 2.14. The Balaban J connectivity index is 1.37. The van der Waals surface area contributed by atoms with Gasteiger partial charge in [0, 0.05) is 12.0 Å². The number of carbonyl (C=O) groups excluding carboxylic acids is 1. The quantitative estimate of drug-likeness (QED) is 0.853. The minimum Gasteiger partial charge on any atom is -0.481 e. The van der Waals surface area contributed by atoms with Crippen molar-refractivity contribution in [2.75, 3.05) is 6.61 Å². The summed E-state index contributed by atoms with van der Waals surface area (Å²) in [4.78, 5) is 23.3. The number of hydrogen-bond donors (Lipinski definition) is 2. The fourth-order valence-electron chi connectivity index (χ4n) is 4.29. The van der Waals surface area contributed by atoms with Crippen molar-refractivity contribution in [2.24, 2.45) is 5.92 Å². The van der Waals surface area contributed by atoms with Crippen molar-refractivity contribution in [2.45, 2.75) is 37.6 Å². The molecule has 0 unspecified atom stereocenters. The Hall–Kier alpha value is -2.82. The molecule has 0 saturated heterocycles. The fraction of sp³-hybridized carbons (Fsp3) is 0.364. The first-order valence-electron chi connectivity index (χ1n) is 9.48. The summed E-state index contributed by atoms with van der Waals surface area (Å²) in [5, 5.41) is 12.0. The number of alkyl carbamates (subject to hydrolysis) is 1. The highest BCUT2D eigenvalue weighted by molar-refractivity contribution is 5.79. The normalized spacial score (nSPS) is 21.2. The lowest BCUT2D eigenvalue weighted by atomic mass is 9.86. The molecule has 140 valence electrons. The Labute approximate surface area is 158 Å². The molecule has 2 aromatic rings. The van der Waals surface area contributed by atoms with Crippen LogP contribution in [0.4, 0.5) is 4.79 Å². The van der Waals surface area contributed by atoms with Gasteiger partial charge in [-0.25, -0.2) is 4.79 Å². The second kappa shape index (κ2) is 7.43. The highest BCUT2D eigenvalue weighted by Crippen LogP contribution is 2.44. The van der Waals surface area contributed by atoms with Crippen molar-refractivity contribution < 1.29 is 19.4 Å². The van der Waals surface area contributed by atoms with Gasteiger partial charge in [-0.15, -0.1) is 0 Å². The number of ether oxygens (including phenoxy) is 1. The van der Waals surface area contributed by atoms with Gasteiger partial charge in [0.15, 0.2) is 0 Å². The van der Waals surface area contributed by atoms with Crippen LogP contribution in [-0.2, 0) is 9.53 Å². The van der Waals surface area contributed by atoms with Gasteiger partial charge in [-0.3, -0.25) is 4.79 Å². The average Bonchev–Trinajstić information content (AvgIpc) is 3.01. The molecule has 2 aromatic carbocycles. The van der Waals surface area contributed by atoms with Crippen LogP contribution < -0.4 is 5.32 Å². The van der Waals surface area contributed by atoms with E-state index in [4.69, 9.17) is 9.84 Å². The maximum atomic E-state index is 12.3. The van der Waals surface area contributed by atoms with Gasteiger partial charge in [-0.1, -0.05) is 48.5 Å². The topological polar surface area (TPSA) is 75.6 Å². The molecule has 1 saturated carbocycles. The van der Waals surface area contributed by atoms with E-state index in [1.165, 1.54) is 22.3 Å². The number of fused-ring (bicyclic) bond motifs is 3. The number of amides is 1. The molecule has 2 N–H and O–H groups in total. The van der Waals surface area contributed by atoms with E-state index in [1.807, 2.05) is 24.3 Å². The zero-order chi connectivity index (χ0) is 18.8. The third-order valence-corrected chi connectivity index (χ3v) is 5.74. The van der Waals surface area contributed by atoms with Gasteiger partial charge in [-0.05, 0) is 47.9 Å². The van der Waals surface area contributed by atoms with E-state index >= 15 is 0 Å². The van der Waals surface area contributed by atoms with Crippen molar-refractivity contribution in [3.05, 3.63) is 59.7 Å². The largest absolute Gasteiger partial charge is 0.481 e. The minimum absolute atomic E-state index is 0.00347. The first-order valence-corrected chi connectivity index (χ1v) is 9.48. The fourth-order valence-corrected chi connectivity index (χ4v) is 4.29. The molecule has 0 atom stereocenters. The van der Waals surface area contributed by atoms with Crippen molar-refractivity contribution in [3.63, 3.8) is 0 Å². The highest BCUT2D eigenvalue weighted by Gasteiger charge is 2.30. The first-order chi connectivity index (χ1) is 13.1. The van der Waals surface area contributed by atoms with E-state index in [1.54, 1.807) is 0 Å². The summed E-state index contributed by atoms with van der Waals surface area (Å²) < 4.78 is 5.55. The Bertz CT molecular complexity index is 809. The Kier molecular flexibility index (Phi) is 4.84. The molecule has 0 aliphatic heterocycles. The number of benzene rings is 2. The van der Waals surface area contributed by atoms with Crippen molar-refractivity contribution in [1.82, 2.24) is 5.32 Å². The number of rotatable bonds is 4. The summed E-state index contributed by atoms with van der Waals surface area (Å²) in [5.41, 5.74) is 4.78. The van der Waals surface area contributed by atoms with Crippen LogP contribution in [0.5, 0.6) is 0 Å². The SMILES string of the molecule is O=C(NC1CCC(C(=O)O)CC1)OCC1c2ccccc2-c2ccccc21. The highest BCUT2D eigenvalue weighted by atomic mass is 16.5. The predicted octanol–water partition coefficient (Wildman–Crippen LogP) is 4.17. The molecule has 2 aliphatic rings. The van der Waals surface area contributed by atoms with E-state index in [2.05, 4.69) is 29.6 Å². The van der Waals surface area contributed by atoms with Crippen LogP contribution in [0.25, 0.3) is 11.1 Å². The molecule has 0 radical (unpaired) electrons. The number of carboxylic acid groups (broad SMARTS) is 1. The number of hydrogen-bond acceptors (Lipinski definition) is 3. The third-order valence-electron chi connectivity index (χ3n) is 5.74. The molecule has 5 heteroatoms. The monoisotopic (exact) mass is 365 g/mol. The lowest BCUT2D eigenvalue weighted by Crippen LogP contribution is -2.39. The zero-order valence-corrected chi connectivity index (χ0v) is 15.1. The lowest BCUT2D eigenvalue weighted by molar-refractivity contribution is -0.142. The Morgan fingerprint density at radius 3 is 2.04 bits per heavy atom. The zero-order valence-electron chi connectivity index (χ0n) is 15.1. The maximum Gasteiger partial charge on any atom is 0.407 e. The van der Waals surface area contributed by atoms with Gasteiger partial charge < -0.3 is 15.2 Å². The van der Waals surface area contributed by atoms with Gasteiger partial charge >= 0.3 is 12.1 Å². The third kappa shape index (κ3) is 3.54. The molecule has 0 aromatic heterocycles. The van der Waals surface area contributed by atoms with E-state index in [0.717, 1.165) is 0 Å². The van der Waals surface area contributed by atoms with Crippen LogP contribution in [-0.4, -0.2) is 29.8 Å². The van der Waals surface area contributed by atoms with Gasteiger partial charge in [0.25, 0.3) is 0 Å². The first kappa shape index (κ1) is 17.6. The smallest absolute Gasteiger partial charge is 0.407 e. The molecular formula is C22H23NO4. The van der Waals surface area contributed by atoms with E-state index in [0.29, 0.717) is 32.3 Å². The minimum atomic E-state index is -0.741. The van der Waals surface area contributed by atoms with Crippen molar-refractivity contribution in [1.29, 1.82) is 0 Å². The summed E-state index contributed by atoms with van der Waals surface area (Å²) in [6, 6.07) is 16.5. The summed E-state index contributed by atoms with van der Waals surface area (Å²) in [6.45, 7) is 0.296. The van der Waals surface area contributed by atoms with E-state index in [9.17, 15) is 9.59 Å². The van der Waals surface area contributed by atoms with E-state index < -0.39 is 12.1 Å². The lowest BCUT2D eigenvalue weighted by Gasteiger charge is -2.26. The average molecular weight is 365 g/mol. The van der Waals surface area contributed by atoms with Crippen LogP contribution in [0, 0.1) is 5.92 Å². The molecule has 27 heavy (non-hydrogen) atoms. The summed E-state index contributed by atoms with van der Waals surface area (Å²) in [5.74, 6) is -0.981. The maximum absolute atomic E-state index is 12.3. The molecule has 0 bridgehead atoms. The Morgan fingerprint density at radius 1 is 0.926 bits per heavy atom. The summed E-state index contributed by atoms with van der Waals surface area (Å²) >= 11 is 0. The predicted molar refractivity (Wildman–Crippen MR) is 102 cm³/mol. The van der Waals surface area contributed by atoms with Crippen LogP contribution in [0.3, 0.4) is 0 Å². The van der Waals surface area contributed by atoms with Crippen LogP contribution in [0.2, 0.25) is 0 Å². The molecule has 0 heterocycles. The summed E-state index contributed by atoms with van der Waals surface area (Å²) in [7, 11) is 0. The van der Waals surface area contributed by atoms with Gasteiger partial charge in [0.1, 0.15) is 6.61 Å². The second-order valence-electron chi connectivity index (χ2n) is 7.36. The van der Waals surface area contributed by atoms with Crippen molar-refractivity contribution in [3.8, 4) is 11.1 Å². The van der Waals surface area contributed by atoms with Crippen LogP contribution >= 0.6 is 0 Å². The standard InChI is InChI=1S/C22H23NO4/c24-21(25)14-9-11-15(12-10-14)23-22(26)27-13-20-18-7-3-1-5-16(18)17-6-2-4-8-19(17)20/h1-8,14-15,20H,9-13H2,(H,23,26)(H,24,25). The van der Waals surface area contributed by atoms with Crippen LogP contribution in [0.1, 0.15) is 42.7 Å². The van der Waals surface area contributed by atoms with Gasteiger partial charge in [0.2, 0.25) is 0 Å². The van der Waals surface area contributed by atoms with Crippen LogP contribution in [0.15, 0.2) is 48.5 Å². The molecule has 1 amide bonds. The molecule has 5 nitrogen and oxygen atoms in total.